The van der Waals surface area contributed by atoms with Gasteiger partial charge in [0.25, 0.3) is 0 Å². The summed E-state index contributed by atoms with van der Waals surface area (Å²) in [4.78, 5) is 12.7. The highest BCUT2D eigenvalue weighted by Gasteiger charge is 2.18. The van der Waals surface area contributed by atoms with Crippen LogP contribution in [0.15, 0.2) is 78.0 Å². The number of carbonyl (C=O) groups excluding carboxylic acids is 1. The van der Waals surface area contributed by atoms with Crippen LogP contribution < -0.4 is 14.8 Å². The number of benzene rings is 3. The fourth-order valence-corrected chi connectivity index (χ4v) is 4.16. The SMILES string of the molecule is CCOc1ccccc1NC(=O)CSc1nnc(-c2ccc(OC)cc2)n1-c1ccc(Cl)cc1. The number of rotatable bonds is 9. The van der Waals surface area contributed by atoms with E-state index in [-0.39, 0.29) is 11.7 Å². The molecule has 34 heavy (non-hydrogen) atoms. The molecule has 0 unspecified atom stereocenters. The Hall–Kier alpha value is -3.49. The van der Waals surface area contributed by atoms with Crippen LogP contribution in [0, 0.1) is 0 Å². The van der Waals surface area contributed by atoms with Crippen molar-refractivity contribution in [3.8, 4) is 28.6 Å². The fraction of sp³-hybridized carbons (Fsp3) is 0.160. The van der Waals surface area contributed by atoms with E-state index in [1.807, 2.05) is 72.2 Å². The highest BCUT2D eigenvalue weighted by molar-refractivity contribution is 7.99. The summed E-state index contributed by atoms with van der Waals surface area (Å²) in [6, 6.07) is 22.3. The number of ether oxygens (including phenoxy) is 2. The van der Waals surface area contributed by atoms with E-state index in [1.165, 1.54) is 11.8 Å². The molecule has 9 heteroatoms. The second-order valence-electron chi connectivity index (χ2n) is 7.11. The maximum absolute atomic E-state index is 12.7. The molecule has 0 saturated heterocycles. The number of halogens is 1. The van der Waals surface area contributed by atoms with Crippen LogP contribution in [-0.2, 0) is 4.79 Å². The lowest BCUT2D eigenvalue weighted by atomic mass is 10.2. The van der Waals surface area contributed by atoms with Gasteiger partial charge >= 0.3 is 0 Å². The van der Waals surface area contributed by atoms with Gasteiger partial charge in [-0.15, -0.1) is 10.2 Å². The number of nitrogens with zero attached hydrogens (tertiary/aromatic N) is 3. The lowest BCUT2D eigenvalue weighted by Crippen LogP contribution is -2.15. The zero-order chi connectivity index (χ0) is 23.9. The number of amides is 1. The third-order valence-corrected chi connectivity index (χ3v) is 6.04. The molecular weight excluding hydrogens is 472 g/mol. The smallest absolute Gasteiger partial charge is 0.234 e. The molecule has 174 valence electrons. The molecule has 7 nitrogen and oxygen atoms in total. The van der Waals surface area contributed by atoms with Crippen LogP contribution in [0.25, 0.3) is 17.1 Å². The Labute approximate surface area is 207 Å². The summed E-state index contributed by atoms with van der Waals surface area (Å²) in [5.41, 5.74) is 2.34. The molecular formula is C25H23ClN4O3S. The van der Waals surface area contributed by atoms with Gasteiger partial charge in [0.2, 0.25) is 5.91 Å². The van der Waals surface area contributed by atoms with Crippen molar-refractivity contribution in [2.24, 2.45) is 0 Å². The highest BCUT2D eigenvalue weighted by atomic mass is 35.5. The van der Waals surface area contributed by atoms with E-state index < -0.39 is 0 Å². The Morgan fingerprint density at radius 2 is 1.76 bits per heavy atom. The van der Waals surface area contributed by atoms with E-state index in [9.17, 15) is 4.79 Å². The van der Waals surface area contributed by atoms with E-state index in [1.54, 1.807) is 19.2 Å². The third-order valence-electron chi connectivity index (χ3n) is 4.86. The summed E-state index contributed by atoms with van der Waals surface area (Å²) >= 11 is 7.39. The van der Waals surface area contributed by atoms with Crippen molar-refractivity contribution < 1.29 is 14.3 Å². The number of carbonyl (C=O) groups is 1. The van der Waals surface area contributed by atoms with Crippen molar-refractivity contribution >= 4 is 35.0 Å². The summed E-state index contributed by atoms with van der Waals surface area (Å²) in [7, 11) is 1.62. The molecule has 0 aliphatic rings. The summed E-state index contributed by atoms with van der Waals surface area (Å²) < 4.78 is 12.8. The Kier molecular flexibility index (Phi) is 7.72. The predicted octanol–water partition coefficient (Wildman–Crippen LogP) is 5.73. The standard InChI is InChI=1S/C25H23ClN4O3S/c1-3-33-22-7-5-4-6-21(22)27-23(31)16-34-25-29-28-24(17-8-14-20(32-2)15-9-17)30(25)19-12-10-18(26)11-13-19/h4-15H,3,16H2,1-2H3,(H,27,31). The van der Waals surface area contributed by atoms with Crippen LogP contribution in [0.3, 0.4) is 0 Å². The quantitative estimate of drug-likeness (QED) is 0.299. The second kappa shape index (κ2) is 11.1. The first-order valence-electron chi connectivity index (χ1n) is 10.6. The maximum atomic E-state index is 12.7. The average Bonchev–Trinajstić information content (AvgIpc) is 3.28. The topological polar surface area (TPSA) is 78.3 Å². The first kappa shape index (κ1) is 23.7. The molecule has 1 aromatic heterocycles. The molecule has 4 rings (SSSR count). The Bertz CT molecular complexity index is 1260. The fourth-order valence-electron chi connectivity index (χ4n) is 3.28. The van der Waals surface area contributed by atoms with Gasteiger partial charge in [0, 0.05) is 16.3 Å². The average molecular weight is 495 g/mol. The molecule has 4 aromatic rings. The van der Waals surface area contributed by atoms with Crippen LogP contribution in [0.4, 0.5) is 5.69 Å². The van der Waals surface area contributed by atoms with Crippen LogP contribution in [0.5, 0.6) is 11.5 Å². The minimum atomic E-state index is -0.172. The highest BCUT2D eigenvalue weighted by Crippen LogP contribution is 2.30. The van der Waals surface area contributed by atoms with Crippen molar-refractivity contribution in [1.82, 2.24) is 14.8 Å². The molecule has 0 aliphatic heterocycles. The van der Waals surface area contributed by atoms with Crippen molar-refractivity contribution in [1.29, 1.82) is 0 Å². The summed E-state index contributed by atoms with van der Waals surface area (Å²) in [5.74, 6) is 2.01. The Morgan fingerprint density at radius 3 is 2.47 bits per heavy atom. The van der Waals surface area contributed by atoms with Crippen LogP contribution in [0.1, 0.15) is 6.92 Å². The number of para-hydroxylation sites is 2. The Balaban J connectivity index is 1.58. The van der Waals surface area contributed by atoms with Crippen molar-refractivity contribution in [2.45, 2.75) is 12.1 Å². The summed E-state index contributed by atoms with van der Waals surface area (Å²) in [6.07, 6.45) is 0. The lowest BCUT2D eigenvalue weighted by molar-refractivity contribution is -0.113. The molecule has 0 aliphatic carbocycles. The van der Waals surface area contributed by atoms with Crippen molar-refractivity contribution in [3.63, 3.8) is 0 Å². The van der Waals surface area contributed by atoms with Crippen LogP contribution in [-0.4, -0.2) is 40.1 Å². The van der Waals surface area contributed by atoms with Gasteiger partial charge in [0.15, 0.2) is 11.0 Å². The van der Waals surface area contributed by atoms with E-state index in [0.717, 1.165) is 17.0 Å². The number of thioether (sulfide) groups is 1. The van der Waals surface area contributed by atoms with Crippen LogP contribution >= 0.6 is 23.4 Å². The lowest BCUT2D eigenvalue weighted by Gasteiger charge is -2.12. The molecule has 0 saturated carbocycles. The molecule has 1 amide bonds. The summed E-state index contributed by atoms with van der Waals surface area (Å²) in [6.45, 7) is 2.42. The van der Waals surface area contributed by atoms with Gasteiger partial charge in [0.1, 0.15) is 11.5 Å². The molecule has 0 bridgehead atoms. The molecule has 1 heterocycles. The van der Waals surface area contributed by atoms with Crippen LogP contribution in [0.2, 0.25) is 5.02 Å². The van der Waals surface area contributed by atoms with E-state index in [2.05, 4.69) is 15.5 Å². The zero-order valence-corrected chi connectivity index (χ0v) is 20.3. The second-order valence-corrected chi connectivity index (χ2v) is 8.49. The minimum absolute atomic E-state index is 0.148. The number of hydrogen-bond acceptors (Lipinski definition) is 6. The number of methoxy groups -OCH3 is 1. The van der Waals surface area contributed by atoms with Gasteiger partial charge in [-0.3, -0.25) is 9.36 Å². The summed E-state index contributed by atoms with van der Waals surface area (Å²) in [5, 5.41) is 12.9. The van der Waals surface area contributed by atoms with Gasteiger partial charge in [0.05, 0.1) is 25.2 Å². The first-order chi connectivity index (χ1) is 16.6. The molecule has 0 radical (unpaired) electrons. The molecule has 0 fully saturated rings. The third kappa shape index (κ3) is 5.52. The van der Waals surface area contributed by atoms with Gasteiger partial charge in [-0.2, -0.15) is 0 Å². The van der Waals surface area contributed by atoms with E-state index in [4.69, 9.17) is 21.1 Å². The number of anilines is 1. The normalized spacial score (nSPS) is 10.7. The number of nitrogens with one attached hydrogen (secondary N) is 1. The minimum Gasteiger partial charge on any atom is -0.497 e. The van der Waals surface area contributed by atoms with E-state index >= 15 is 0 Å². The van der Waals surface area contributed by atoms with Crippen molar-refractivity contribution in [3.05, 3.63) is 77.8 Å². The Morgan fingerprint density at radius 1 is 1.03 bits per heavy atom. The van der Waals surface area contributed by atoms with E-state index in [0.29, 0.717) is 34.0 Å². The van der Waals surface area contributed by atoms with Gasteiger partial charge in [-0.05, 0) is 67.6 Å². The first-order valence-corrected chi connectivity index (χ1v) is 12.0. The molecule has 1 N–H and O–H groups in total. The number of hydrogen-bond donors (Lipinski definition) is 1. The van der Waals surface area contributed by atoms with Crippen molar-refractivity contribution in [2.75, 3.05) is 24.8 Å². The predicted molar refractivity (Wildman–Crippen MR) is 135 cm³/mol. The zero-order valence-electron chi connectivity index (χ0n) is 18.7. The largest absolute Gasteiger partial charge is 0.497 e. The molecule has 0 spiro atoms. The monoisotopic (exact) mass is 494 g/mol. The molecule has 0 atom stereocenters. The number of aromatic nitrogens is 3. The molecule has 3 aromatic carbocycles. The maximum Gasteiger partial charge on any atom is 0.234 e. The van der Waals surface area contributed by atoms with Gasteiger partial charge in [-0.1, -0.05) is 35.5 Å². The van der Waals surface area contributed by atoms with Gasteiger partial charge < -0.3 is 14.8 Å². The van der Waals surface area contributed by atoms with Gasteiger partial charge in [-0.25, -0.2) is 0 Å².